The van der Waals surface area contributed by atoms with Crippen LogP contribution in [0.5, 0.6) is 0 Å². The molecular formula is C16H25N. The van der Waals surface area contributed by atoms with E-state index in [-0.39, 0.29) is 0 Å². The monoisotopic (exact) mass is 231 g/mol. The van der Waals surface area contributed by atoms with Crippen LogP contribution in [0.15, 0.2) is 24.3 Å². The van der Waals surface area contributed by atoms with Crippen molar-refractivity contribution in [1.82, 2.24) is 5.32 Å². The van der Waals surface area contributed by atoms with Crippen LogP contribution < -0.4 is 5.32 Å². The van der Waals surface area contributed by atoms with E-state index in [0.29, 0.717) is 6.04 Å². The molecule has 17 heavy (non-hydrogen) atoms. The molecule has 0 aliphatic heterocycles. The normalized spacial score (nSPS) is 22.7. The Balaban J connectivity index is 2.09. The Bertz CT molecular complexity index is 312. The zero-order valence-electron chi connectivity index (χ0n) is 11.2. The standard InChI is InChI=1S/C16H25N/c1-3-5-8-13-12-16(17-11-4-2)15-10-7-6-9-14(13)15/h6-7,9-10,13,16-17H,3-5,8,11-12H2,1-2H3/t13-,16-/m0/s1. The van der Waals surface area contributed by atoms with E-state index in [2.05, 4.69) is 43.4 Å². The van der Waals surface area contributed by atoms with Gasteiger partial charge in [-0.3, -0.25) is 0 Å². The van der Waals surface area contributed by atoms with Crippen molar-refractivity contribution in [1.29, 1.82) is 0 Å². The number of hydrogen-bond acceptors (Lipinski definition) is 1. The Morgan fingerprint density at radius 1 is 1.12 bits per heavy atom. The third-order valence-corrected chi connectivity index (χ3v) is 3.88. The van der Waals surface area contributed by atoms with Crippen LogP contribution in [0.3, 0.4) is 0 Å². The van der Waals surface area contributed by atoms with E-state index < -0.39 is 0 Å². The molecule has 1 nitrogen and oxygen atoms in total. The maximum Gasteiger partial charge on any atom is 0.0328 e. The van der Waals surface area contributed by atoms with Crippen LogP contribution >= 0.6 is 0 Å². The molecule has 0 spiro atoms. The van der Waals surface area contributed by atoms with E-state index in [1.807, 2.05) is 0 Å². The molecule has 0 radical (unpaired) electrons. The van der Waals surface area contributed by atoms with Crippen molar-refractivity contribution >= 4 is 0 Å². The summed E-state index contributed by atoms with van der Waals surface area (Å²) in [5.74, 6) is 0.792. The Morgan fingerprint density at radius 2 is 1.88 bits per heavy atom. The minimum absolute atomic E-state index is 0.605. The maximum atomic E-state index is 3.69. The lowest BCUT2D eigenvalue weighted by atomic mass is 9.96. The van der Waals surface area contributed by atoms with Crippen molar-refractivity contribution in [3.05, 3.63) is 35.4 Å². The largest absolute Gasteiger partial charge is 0.310 e. The van der Waals surface area contributed by atoms with E-state index in [1.165, 1.54) is 32.1 Å². The minimum atomic E-state index is 0.605. The highest BCUT2D eigenvalue weighted by atomic mass is 14.9. The van der Waals surface area contributed by atoms with Gasteiger partial charge in [0, 0.05) is 6.04 Å². The van der Waals surface area contributed by atoms with Crippen molar-refractivity contribution in [3.8, 4) is 0 Å². The van der Waals surface area contributed by atoms with E-state index in [4.69, 9.17) is 0 Å². The highest BCUT2D eigenvalue weighted by Crippen LogP contribution is 2.42. The quantitative estimate of drug-likeness (QED) is 0.765. The summed E-state index contributed by atoms with van der Waals surface area (Å²) in [7, 11) is 0. The van der Waals surface area contributed by atoms with Crippen molar-refractivity contribution in [2.45, 2.75) is 57.9 Å². The SMILES string of the molecule is CCCC[C@H]1C[C@H](NCCC)c2ccccc21. The molecular weight excluding hydrogens is 206 g/mol. The zero-order chi connectivity index (χ0) is 12.1. The fraction of sp³-hybridized carbons (Fsp3) is 0.625. The Hall–Kier alpha value is -0.820. The van der Waals surface area contributed by atoms with Gasteiger partial charge in [-0.25, -0.2) is 0 Å². The third kappa shape index (κ3) is 2.90. The van der Waals surface area contributed by atoms with Gasteiger partial charge in [0.25, 0.3) is 0 Å². The molecule has 2 atom stereocenters. The second-order valence-electron chi connectivity index (χ2n) is 5.21. The molecule has 0 saturated carbocycles. The first-order valence-corrected chi connectivity index (χ1v) is 7.19. The van der Waals surface area contributed by atoms with Gasteiger partial charge >= 0.3 is 0 Å². The average molecular weight is 231 g/mol. The molecule has 0 aromatic heterocycles. The Morgan fingerprint density at radius 3 is 2.59 bits per heavy atom. The molecule has 0 amide bonds. The van der Waals surface area contributed by atoms with E-state index in [9.17, 15) is 0 Å². The molecule has 0 fully saturated rings. The van der Waals surface area contributed by atoms with Crippen LogP contribution in [0.25, 0.3) is 0 Å². The van der Waals surface area contributed by atoms with Gasteiger partial charge in [0.05, 0.1) is 0 Å². The van der Waals surface area contributed by atoms with Crippen LogP contribution in [-0.4, -0.2) is 6.54 Å². The number of unbranched alkanes of at least 4 members (excludes halogenated alkanes) is 1. The van der Waals surface area contributed by atoms with Crippen molar-refractivity contribution < 1.29 is 0 Å². The van der Waals surface area contributed by atoms with Crippen LogP contribution in [0, 0.1) is 0 Å². The van der Waals surface area contributed by atoms with Gasteiger partial charge in [-0.1, -0.05) is 51.0 Å². The van der Waals surface area contributed by atoms with Gasteiger partial charge < -0.3 is 5.32 Å². The van der Waals surface area contributed by atoms with Gasteiger partial charge in [-0.05, 0) is 42.9 Å². The first-order valence-electron chi connectivity index (χ1n) is 7.19. The lowest BCUT2D eigenvalue weighted by molar-refractivity contribution is 0.472. The molecule has 1 aromatic rings. The topological polar surface area (TPSA) is 12.0 Å². The Labute approximate surface area is 106 Å². The molecule has 1 N–H and O–H groups in total. The molecule has 94 valence electrons. The van der Waals surface area contributed by atoms with E-state index in [1.54, 1.807) is 11.1 Å². The number of nitrogens with one attached hydrogen (secondary N) is 1. The number of benzene rings is 1. The predicted octanol–water partition coefficient (Wildman–Crippen LogP) is 4.40. The summed E-state index contributed by atoms with van der Waals surface area (Å²) in [5.41, 5.74) is 3.16. The minimum Gasteiger partial charge on any atom is -0.310 e. The summed E-state index contributed by atoms with van der Waals surface area (Å²) in [6.07, 6.45) is 6.56. The molecule has 2 rings (SSSR count). The molecule has 1 aliphatic rings. The van der Waals surface area contributed by atoms with Crippen LogP contribution in [0.4, 0.5) is 0 Å². The first-order chi connectivity index (χ1) is 8.36. The van der Waals surface area contributed by atoms with Crippen molar-refractivity contribution in [2.75, 3.05) is 6.54 Å². The fourth-order valence-corrected chi connectivity index (χ4v) is 2.97. The van der Waals surface area contributed by atoms with Gasteiger partial charge in [0.2, 0.25) is 0 Å². The van der Waals surface area contributed by atoms with E-state index >= 15 is 0 Å². The molecule has 1 aromatic carbocycles. The molecule has 0 bridgehead atoms. The molecule has 1 aliphatic carbocycles. The lowest BCUT2D eigenvalue weighted by Gasteiger charge is -2.13. The highest BCUT2D eigenvalue weighted by Gasteiger charge is 2.29. The second-order valence-corrected chi connectivity index (χ2v) is 5.21. The number of fused-ring (bicyclic) bond motifs is 1. The van der Waals surface area contributed by atoms with Crippen molar-refractivity contribution in [3.63, 3.8) is 0 Å². The summed E-state index contributed by atoms with van der Waals surface area (Å²) >= 11 is 0. The summed E-state index contributed by atoms with van der Waals surface area (Å²) in [5, 5.41) is 3.69. The fourth-order valence-electron chi connectivity index (χ4n) is 2.97. The summed E-state index contributed by atoms with van der Waals surface area (Å²) in [4.78, 5) is 0. The molecule has 0 heterocycles. The van der Waals surface area contributed by atoms with Gasteiger partial charge in [0.1, 0.15) is 0 Å². The predicted molar refractivity (Wildman–Crippen MR) is 74.4 cm³/mol. The number of rotatable bonds is 6. The lowest BCUT2D eigenvalue weighted by Crippen LogP contribution is -2.19. The first kappa shape index (κ1) is 12.6. The van der Waals surface area contributed by atoms with Crippen LogP contribution in [-0.2, 0) is 0 Å². The smallest absolute Gasteiger partial charge is 0.0328 e. The van der Waals surface area contributed by atoms with Gasteiger partial charge in [0.15, 0.2) is 0 Å². The average Bonchev–Trinajstić information content (AvgIpc) is 2.72. The summed E-state index contributed by atoms with van der Waals surface area (Å²) in [6, 6.07) is 9.63. The maximum absolute atomic E-state index is 3.69. The summed E-state index contributed by atoms with van der Waals surface area (Å²) in [6.45, 7) is 5.66. The molecule has 0 unspecified atom stereocenters. The van der Waals surface area contributed by atoms with Crippen LogP contribution in [0.2, 0.25) is 0 Å². The molecule has 1 heteroatoms. The molecule has 0 saturated heterocycles. The third-order valence-electron chi connectivity index (χ3n) is 3.88. The van der Waals surface area contributed by atoms with E-state index in [0.717, 1.165) is 12.5 Å². The highest BCUT2D eigenvalue weighted by molar-refractivity contribution is 5.37. The van der Waals surface area contributed by atoms with Crippen LogP contribution in [0.1, 0.15) is 69.0 Å². The van der Waals surface area contributed by atoms with Gasteiger partial charge in [-0.15, -0.1) is 0 Å². The second kappa shape index (κ2) is 6.20. The number of hydrogen-bond donors (Lipinski definition) is 1. The Kier molecular flexibility index (Phi) is 4.61. The van der Waals surface area contributed by atoms with Crippen molar-refractivity contribution in [2.24, 2.45) is 0 Å². The summed E-state index contributed by atoms with van der Waals surface area (Å²) < 4.78 is 0. The zero-order valence-corrected chi connectivity index (χ0v) is 11.2. The van der Waals surface area contributed by atoms with Gasteiger partial charge in [-0.2, -0.15) is 0 Å².